The number of piperidine rings is 1. The summed E-state index contributed by atoms with van der Waals surface area (Å²) in [5.41, 5.74) is -1.98. The van der Waals surface area contributed by atoms with E-state index in [9.17, 15) is 22.8 Å². The van der Waals surface area contributed by atoms with Crippen LogP contribution >= 0.6 is 11.3 Å². The number of likely N-dealkylation sites (tertiary alicyclic amines) is 1. The number of carboxylic acid groups (broad SMARTS) is 1. The second-order valence-electron chi connectivity index (χ2n) is 6.77. The van der Waals surface area contributed by atoms with E-state index in [1.807, 2.05) is 0 Å². The monoisotopic (exact) mass is 380 g/mol. The van der Waals surface area contributed by atoms with Crippen LogP contribution in [0.1, 0.15) is 59.9 Å². The lowest BCUT2D eigenvalue weighted by Gasteiger charge is -2.32. The van der Waals surface area contributed by atoms with Crippen LogP contribution < -0.4 is 0 Å². The van der Waals surface area contributed by atoms with E-state index in [1.165, 1.54) is 4.90 Å². The minimum Gasteiger partial charge on any atom is -0.477 e. The Morgan fingerprint density at radius 1 is 1.24 bits per heavy atom. The quantitative estimate of drug-likeness (QED) is 0.840. The van der Waals surface area contributed by atoms with E-state index in [2.05, 4.69) is 4.98 Å². The SMILES string of the molecule is CC(C)(C)OC(=O)N1CCC(c2nc(C(F)(F)F)c(C(=O)O)s2)CC1. The molecule has 0 aliphatic carbocycles. The van der Waals surface area contributed by atoms with Gasteiger partial charge in [0.1, 0.15) is 10.5 Å². The molecule has 1 aromatic heterocycles. The van der Waals surface area contributed by atoms with Gasteiger partial charge in [-0.1, -0.05) is 0 Å². The van der Waals surface area contributed by atoms with Crippen molar-refractivity contribution in [2.24, 2.45) is 0 Å². The number of rotatable bonds is 2. The van der Waals surface area contributed by atoms with Crippen LogP contribution in [-0.2, 0) is 10.9 Å². The molecule has 6 nitrogen and oxygen atoms in total. The fourth-order valence-corrected chi connectivity index (χ4v) is 3.58. The fourth-order valence-electron chi connectivity index (χ4n) is 2.48. The highest BCUT2D eigenvalue weighted by molar-refractivity contribution is 7.13. The molecule has 0 atom stereocenters. The molecular weight excluding hydrogens is 361 g/mol. The smallest absolute Gasteiger partial charge is 0.435 e. The van der Waals surface area contributed by atoms with Gasteiger partial charge in [-0.15, -0.1) is 11.3 Å². The van der Waals surface area contributed by atoms with Crippen molar-refractivity contribution in [1.29, 1.82) is 0 Å². The Balaban J connectivity index is 2.08. The first-order valence-corrected chi connectivity index (χ1v) is 8.49. The highest BCUT2D eigenvalue weighted by Crippen LogP contribution is 2.39. The molecular formula is C15H19F3N2O4S. The van der Waals surface area contributed by atoms with E-state index in [-0.39, 0.29) is 10.9 Å². The Bertz CT molecular complexity index is 659. The van der Waals surface area contributed by atoms with Crippen LogP contribution in [0.25, 0.3) is 0 Å². The topological polar surface area (TPSA) is 79.7 Å². The van der Waals surface area contributed by atoms with Crippen LogP contribution in [-0.4, -0.2) is 45.7 Å². The Kier molecular flexibility index (Phi) is 5.31. The normalized spacial score (nSPS) is 16.8. The average Bonchev–Trinajstić information content (AvgIpc) is 2.91. The van der Waals surface area contributed by atoms with E-state index in [0.29, 0.717) is 37.3 Å². The summed E-state index contributed by atoms with van der Waals surface area (Å²) in [6.07, 6.45) is -4.46. The van der Waals surface area contributed by atoms with Crippen molar-refractivity contribution < 1.29 is 32.6 Å². The maximum Gasteiger partial charge on any atom is 0.435 e. The minimum absolute atomic E-state index is 0.147. The summed E-state index contributed by atoms with van der Waals surface area (Å²) in [7, 11) is 0. The van der Waals surface area contributed by atoms with E-state index in [0.717, 1.165) is 0 Å². The van der Waals surface area contributed by atoms with Crippen molar-refractivity contribution in [2.75, 3.05) is 13.1 Å². The zero-order valence-electron chi connectivity index (χ0n) is 14.0. The summed E-state index contributed by atoms with van der Waals surface area (Å²) in [5, 5.41) is 9.11. The molecule has 1 amide bonds. The molecule has 0 saturated carbocycles. The second-order valence-corrected chi connectivity index (χ2v) is 7.81. The Morgan fingerprint density at radius 2 is 1.80 bits per heavy atom. The molecule has 1 aromatic rings. The molecule has 140 valence electrons. The summed E-state index contributed by atoms with van der Waals surface area (Å²) in [6.45, 7) is 5.89. The average molecular weight is 380 g/mol. The molecule has 0 bridgehead atoms. The predicted octanol–water partition coefficient (Wildman–Crippen LogP) is 3.97. The second kappa shape index (κ2) is 6.81. The van der Waals surface area contributed by atoms with E-state index >= 15 is 0 Å². The molecule has 10 heteroatoms. The number of aromatic carboxylic acids is 1. The van der Waals surface area contributed by atoms with Gasteiger partial charge in [-0.05, 0) is 33.6 Å². The van der Waals surface area contributed by atoms with Gasteiger partial charge in [-0.3, -0.25) is 0 Å². The lowest BCUT2D eigenvalue weighted by molar-refractivity contribution is -0.141. The number of hydrogen-bond donors (Lipinski definition) is 1. The van der Waals surface area contributed by atoms with Gasteiger partial charge in [0.2, 0.25) is 0 Å². The molecule has 1 N–H and O–H groups in total. The summed E-state index contributed by atoms with van der Waals surface area (Å²) >= 11 is 0.555. The first-order valence-electron chi connectivity index (χ1n) is 7.67. The largest absolute Gasteiger partial charge is 0.477 e. The number of thiazole rings is 1. The maximum atomic E-state index is 12.9. The van der Waals surface area contributed by atoms with Gasteiger partial charge in [0, 0.05) is 19.0 Å². The first-order chi connectivity index (χ1) is 11.4. The van der Waals surface area contributed by atoms with Crippen molar-refractivity contribution in [3.8, 4) is 0 Å². The van der Waals surface area contributed by atoms with Gasteiger partial charge in [0.05, 0.1) is 5.01 Å². The number of nitrogens with zero attached hydrogens (tertiary/aromatic N) is 2. The highest BCUT2D eigenvalue weighted by Gasteiger charge is 2.41. The molecule has 0 aromatic carbocycles. The summed E-state index contributed by atoms with van der Waals surface area (Å²) in [6, 6.07) is 0. The van der Waals surface area contributed by atoms with Crippen molar-refractivity contribution in [2.45, 2.75) is 51.3 Å². The predicted molar refractivity (Wildman–Crippen MR) is 83.9 cm³/mol. The lowest BCUT2D eigenvalue weighted by Crippen LogP contribution is -2.41. The maximum absolute atomic E-state index is 12.9. The van der Waals surface area contributed by atoms with Crippen molar-refractivity contribution in [1.82, 2.24) is 9.88 Å². The molecule has 0 radical (unpaired) electrons. The van der Waals surface area contributed by atoms with Crippen LogP contribution in [0.3, 0.4) is 0 Å². The first kappa shape index (κ1) is 19.5. The van der Waals surface area contributed by atoms with Crippen molar-refractivity contribution in [3.05, 3.63) is 15.6 Å². The molecule has 1 saturated heterocycles. The third kappa shape index (κ3) is 4.83. The molecule has 0 spiro atoms. The van der Waals surface area contributed by atoms with Crippen LogP contribution in [0, 0.1) is 0 Å². The Hall–Kier alpha value is -1.84. The molecule has 25 heavy (non-hydrogen) atoms. The van der Waals surface area contributed by atoms with Crippen LogP contribution in [0.15, 0.2) is 0 Å². The molecule has 0 unspecified atom stereocenters. The molecule has 2 heterocycles. The highest BCUT2D eigenvalue weighted by atomic mass is 32.1. The number of ether oxygens (including phenoxy) is 1. The van der Waals surface area contributed by atoms with Gasteiger partial charge in [-0.2, -0.15) is 13.2 Å². The third-order valence-electron chi connectivity index (χ3n) is 3.60. The number of alkyl halides is 3. The third-order valence-corrected chi connectivity index (χ3v) is 4.81. The number of carboxylic acids is 1. The molecule has 2 rings (SSSR count). The van der Waals surface area contributed by atoms with E-state index in [4.69, 9.17) is 9.84 Å². The zero-order chi connectivity index (χ0) is 19.0. The van der Waals surface area contributed by atoms with Crippen molar-refractivity contribution >= 4 is 23.4 Å². The number of hydrogen-bond acceptors (Lipinski definition) is 5. The molecule has 1 aliphatic rings. The number of carbonyl (C=O) groups excluding carboxylic acids is 1. The van der Waals surface area contributed by atoms with Gasteiger partial charge in [-0.25, -0.2) is 14.6 Å². The Morgan fingerprint density at radius 3 is 2.20 bits per heavy atom. The lowest BCUT2D eigenvalue weighted by atomic mass is 9.98. The number of aromatic nitrogens is 1. The molecule has 1 aliphatic heterocycles. The number of halogens is 3. The fraction of sp³-hybridized carbons (Fsp3) is 0.667. The van der Waals surface area contributed by atoms with E-state index in [1.54, 1.807) is 20.8 Å². The summed E-state index contributed by atoms with van der Waals surface area (Å²) in [5.74, 6) is -1.94. The van der Waals surface area contributed by atoms with Gasteiger partial charge in [0.25, 0.3) is 0 Å². The zero-order valence-corrected chi connectivity index (χ0v) is 14.8. The van der Waals surface area contributed by atoms with Crippen LogP contribution in [0.5, 0.6) is 0 Å². The van der Waals surface area contributed by atoms with Gasteiger partial charge >= 0.3 is 18.2 Å². The Labute approximate surface area is 146 Å². The van der Waals surface area contributed by atoms with E-state index < -0.39 is 34.4 Å². The minimum atomic E-state index is -4.81. The molecule has 1 fully saturated rings. The van der Waals surface area contributed by atoms with Crippen LogP contribution in [0.4, 0.5) is 18.0 Å². The van der Waals surface area contributed by atoms with Gasteiger partial charge in [0.15, 0.2) is 5.69 Å². The van der Waals surface area contributed by atoms with Gasteiger partial charge < -0.3 is 14.7 Å². The van der Waals surface area contributed by atoms with Crippen molar-refractivity contribution in [3.63, 3.8) is 0 Å². The number of carbonyl (C=O) groups is 2. The van der Waals surface area contributed by atoms with Crippen LogP contribution in [0.2, 0.25) is 0 Å². The number of amides is 1. The standard InChI is InChI=1S/C15H19F3N2O4S/c1-14(2,3)24-13(23)20-6-4-8(5-7-20)11-19-10(15(16,17)18)9(25-11)12(21)22/h8H,4-7H2,1-3H3,(H,21,22). The summed E-state index contributed by atoms with van der Waals surface area (Å²) < 4.78 is 44.0. The summed E-state index contributed by atoms with van der Waals surface area (Å²) in [4.78, 5) is 27.3.